The molecule has 5 nitrogen and oxygen atoms in total. The second-order valence-corrected chi connectivity index (χ2v) is 8.67. The normalized spacial score (nSPS) is 10.7. The van der Waals surface area contributed by atoms with E-state index in [9.17, 15) is 14.7 Å². The van der Waals surface area contributed by atoms with Crippen LogP contribution in [0.2, 0.25) is 15.1 Å². The highest BCUT2D eigenvalue weighted by molar-refractivity contribution is 9.10. The van der Waals surface area contributed by atoms with Gasteiger partial charge in [-0.3, -0.25) is 4.79 Å². The monoisotopic (exact) mass is 533 g/mol. The number of ether oxygens (including phenoxy) is 1. The van der Waals surface area contributed by atoms with E-state index in [1.54, 1.807) is 23.6 Å². The molecule has 0 spiro atoms. The second kappa shape index (κ2) is 8.93. The molecule has 0 saturated carbocycles. The van der Waals surface area contributed by atoms with Crippen LogP contribution in [0.5, 0.6) is 5.75 Å². The smallest absolute Gasteiger partial charge is 0.339 e. The highest BCUT2D eigenvalue weighted by atomic mass is 79.9. The fourth-order valence-electron chi connectivity index (χ4n) is 2.66. The number of anilines is 1. The summed E-state index contributed by atoms with van der Waals surface area (Å²) < 4.78 is 5.91. The standard InChI is InChI=1S/C19H11BrCl3NO4S/c1-28-16-12(22)6-11(21)14(15(16)23)17(25)24-18-13(19(26)27)10(7-29-18)8-3-2-4-9(20)5-8/h2-7H,1H3,(H,24,25)(H,26,27). The molecule has 0 fully saturated rings. The molecule has 0 aliphatic carbocycles. The Balaban J connectivity index is 2.04. The number of hydrogen-bond donors (Lipinski definition) is 2. The molecule has 1 aromatic heterocycles. The molecule has 1 amide bonds. The summed E-state index contributed by atoms with van der Waals surface area (Å²) >= 11 is 22.8. The van der Waals surface area contributed by atoms with Crippen molar-refractivity contribution >= 4 is 78.9 Å². The molecule has 0 unspecified atom stereocenters. The molecule has 0 aliphatic rings. The van der Waals surface area contributed by atoms with Crippen LogP contribution in [0.4, 0.5) is 5.00 Å². The number of benzene rings is 2. The minimum atomic E-state index is -1.18. The van der Waals surface area contributed by atoms with Crippen LogP contribution < -0.4 is 10.1 Å². The number of hydrogen-bond acceptors (Lipinski definition) is 4. The number of carboxylic acid groups (broad SMARTS) is 1. The summed E-state index contributed by atoms with van der Waals surface area (Å²) in [6.07, 6.45) is 0. The minimum Gasteiger partial charge on any atom is -0.494 e. The lowest BCUT2D eigenvalue weighted by atomic mass is 10.0. The van der Waals surface area contributed by atoms with E-state index >= 15 is 0 Å². The Morgan fingerprint density at radius 2 is 1.86 bits per heavy atom. The van der Waals surface area contributed by atoms with Gasteiger partial charge in [0, 0.05) is 15.4 Å². The minimum absolute atomic E-state index is 0.0129. The van der Waals surface area contributed by atoms with E-state index in [4.69, 9.17) is 39.5 Å². The van der Waals surface area contributed by atoms with Crippen molar-refractivity contribution in [2.75, 3.05) is 12.4 Å². The SMILES string of the molecule is COc1c(Cl)cc(Cl)c(C(=O)Nc2scc(-c3cccc(Br)c3)c2C(=O)O)c1Cl. The Kier molecular flexibility index (Phi) is 6.76. The van der Waals surface area contributed by atoms with E-state index in [1.807, 2.05) is 6.07 Å². The lowest BCUT2D eigenvalue weighted by molar-refractivity contribution is 0.0699. The van der Waals surface area contributed by atoms with Crippen LogP contribution in [0.25, 0.3) is 11.1 Å². The zero-order valence-electron chi connectivity index (χ0n) is 14.6. The number of carboxylic acids is 1. The third-order valence-corrected chi connectivity index (χ3v) is 6.25. The van der Waals surface area contributed by atoms with Crippen LogP contribution in [0.15, 0.2) is 40.2 Å². The van der Waals surface area contributed by atoms with E-state index in [2.05, 4.69) is 21.2 Å². The largest absolute Gasteiger partial charge is 0.494 e. The summed E-state index contributed by atoms with van der Waals surface area (Å²) in [5.74, 6) is -1.76. The van der Waals surface area contributed by atoms with Crippen molar-refractivity contribution in [1.82, 2.24) is 0 Å². The molecule has 1 heterocycles. The number of methoxy groups -OCH3 is 1. The van der Waals surface area contributed by atoms with Crippen molar-refractivity contribution in [3.05, 3.63) is 66.4 Å². The van der Waals surface area contributed by atoms with Crippen LogP contribution in [0, 0.1) is 0 Å². The maximum absolute atomic E-state index is 12.8. The maximum Gasteiger partial charge on any atom is 0.339 e. The van der Waals surface area contributed by atoms with Gasteiger partial charge in [-0.1, -0.05) is 62.9 Å². The van der Waals surface area contributed by atoms with E-state index in [0.29, 0.717) is 11.1 Å². The van der Waals surface area contributed by atoms with Gasteiger partial charge in [-0.05, 0) is 23.8 Å². The number of carbonyl (C=O) groups is 2. The van der Waals surface area contributed by atoms with Crippen LogP contribution in [-0.4, -0.2) is 24.1 Å². The van der Waals surface area contributed by atoms with E-state index < -0.39 is 11.9 Å². The van der Waals surface area contributed by atoms with Gasteiger partial charge in [0.15, 0.2) is 5.75 Å². The van der Waals surface area contributed by atoms with E-state index in [-0.39, 0.29) is 36.9 Å². The summed E-state index contributed by atoms with van der Waals surface area (Å²) in [5, 5.41) is 14.2. The molecule has 2 aromatic carbocycles. The Morgan fingerprint density at radius 1 is 1.14 bits per heavy atom. The number of amides is 1. The fraction of sp³-hybridized carbons (Fsp3) is 0.0526. The number of halogens is 4. The quantitative estimate of drug-likeness (QED) is 0.366. The molecular weight excluding hydrogens is 525 g/mol. The molecule has 150 valence electrons. The Morgan fingerprint density at radius 3 is 2.48 bits per heavy atom. The molecule has 3 rings (SSSR count). The van der Waals surface area contributed by atoms with Crippen molar-refractivity contribution in [2.24, 2.45) is 0 Å². The van der Waals surface area contributed by atoms with Gasteiger partial charge in [0.2, 0.25) is 0 Å². The zero-order chi connectivity index (χ0) is 21.3. The number of carbonyl (C=O) groups excluding carboxylic acids is 1. The van der Waals surface area contributed by atoms with Gasteiger partial charge in [-0.2, -0.15) is 0 Å². The maximum atomic E-state index is 12.8. The number of aromatic carboxylic acids is 1. The van der Waals surface area contributed by atoms with E-state index in [1.165, 1.54) is 13.2 Å². The fourth-order valence-corrected chi connectivity index (χ4v) is 5.11. The Labute approximate surface area is 193 Å². The average Bonchev–Trinajstić information content (AvgIpc) is 3.05. The van der Waals surface area contributed by atoms with Crippen LogP contribution in [0.3, 0.4) is 0 Å². The molecular formula is C19H11BrCl3NO4S. The number of rotatable bonds is 5. The van der Waals surface area contributed by atoms with Crippen LogP contribution >= 0.6 is 62.1 Å². The predicted octanol–water partition coefficient (Wildman–Crippen LogP) is 7.10. The van der Waals surface area contributed by atoms with Gasteiger partial charge in [0.05, 0.1) is 27.7 Å². The highest BCUT2D eigenvalue weighted by Crippen LogP contribution is 2.41. The van der Waals surface area contributed by atoms with Gasteiger partial charge >= 0.3 is 5.97 Å². The summed E-state index contributed by atoms with van der Waals surface area (Å²) in [6, 6.07) is 8.53. The molecule has 3 aromatic rings. The van der Waals surface area contributed by atoms with Gasteiger partial charge in [-0.15, -0.1) is 11.3 Å². The van der Waals surface area contributed by atoms with Crippen LogP contribution in [-0.2, 0) is 0 Å². The summed E-state index contributed by atoms with van der Waals surface area (Å²) in [7, 11) is 1.36. The zero-order valence-corrected chi connectivity index (χ0v) is 19.2. The molecule has 2 N–H and O–H groups in total. The number of nitrogens with one attached hydrogen (secondary N) is 1. The Hall–Kier alpha value is -1.77. The first-order valence-electron chi connectivity index (χ1n) is 7.88. The molecule has 0 aliphatic heterocycles. The number of thiophene rings is 1. The Bertz CT molecular complexity index is 1130. The summed E-state index contributed by atoms with van der Waals surface area (Å²) in [5.41, 5.74) is 1.07. The van der Waals surface area contributed by atoms with Crippen molar-refractivity contribution in [1.29, 1.82) is 0 Å². The topological polar surface area (TPSA) is 75.6 Å². The summed E-state index contributed by atoms with van der Waals surface area (Å²) in [4.78, 5) is 24.8. The lowest BCUT2D eigenvalue weighted by Gasteiger charge is -2.13. The van der Waals surface area contributed by atoms with E-state index in [0.717, 1.165) is 15.8 Å². The lowest BCUT2D eigenvalue weighted by Crippen LogP contribution is -2.15. The van der Waals surface area contributed by atoms with Crippen LogP contribution in [0.1, 0.15) is 20.7 Å². The first-order chi connectivity index (χ1) is 13.7. The van der Waals surface area contributed by atoms with Crippen molar-refractivity contribution < 1.29 is 19.4 Å². The third kappa shape index (κ3) is 4.39. The molecule has 0 saturated heterocycles. The molecule has 0 radical (unpaired) electrons. The molecule has 0 atom stereocenters. The summed E-state index contributed by atoms with van der Waals surface area (Å²) in [6.45, 7) is 0. The predicted molar refractivity (Wildman–Crippen MR) is 120 cm³/mol. The average molecular weight is 536 g/mol. The third-order valence-electron chi connectivity index (χ3n) is 3.93. The van der Waals surface area contributed by atoms with Gasteiger partial charge in [-0.25, -0.2) is 4.79 Å². The molecule has 29 heavy (non-hydrogen) atoms. The van der Waals surface area contributed by atoms with Crippen molar-refractivity contribution in [2.45, 2.75) is 0 Å². The molecule has 10 heteroatoms. The highest BCUT2D eigenvalue weighted by Gasteiger charge is 2.25. The van der Waals surface area contributed by atoms with Gasteiger partial charge in [0.25, 0.3) is 5.91 Å². The first-order valence-corrected chi connectivity index (χ1v) is 10.7. The van der Waals surface area contributed by atoms with Crippen molar-refractivity contribution in [3.63, 3.8) is 0 Å². The van der Waals surface area contributed by atoms with Gasteiger partial charge < -0.3 is 15.2 Å². The van der Waals surface area contributed by atoms with Crippen molar-refractivity contribution in [3.8, 4) is 16.9 Å². The first kappa shape index (κ1) is 21.9. The van der Waals surface area contributed by atoms with Gasteiger partial charge in [0.1, 0.15) is 10.6 Å². The molecule has 0 bridgehead atoms. The second-order valence-electron chi connectivity index (χ2n) is 5.69.